The lowest BCUT2D eigenvalue weighted by atomic mass is 9.70. The number of hydrogen-bond donors (Lipinski definition) is 1. The Bertz CT molecular complexity index is 184. The van der Waals surface area contributed by atoms with Gasteiger partial charge >= 0.3 is 0 Å². The van der Waals surface area contributed by atoms with E-state index in [1.165, 1.54) is 57.8 Å². The Kier molecular flexibility index (Phi) is 7.18. The summed E-state index contributed by atoms with van der Waals surface area (Å²) in [5.41, 5.74) is 6.63. The Hall–Kier alpha value is -0.0400. The predicted octanol–water partition coefficient (Wildman–Crippen LogP) is 4.75. The zero-order chi connectivity index (χ0) is 12.7. The molecule has 1 nitrogen and oxygen atoms in total. The smallest absolute Gasteiger partial charge is 0.00982 e. The Labute approximate surface area is 109 Å². The van der Waals surface area contributed by atoms with Gasteiger partial charge in [0.25, 0.3) is 0 Å². The van der Waals surface area contributed by atoms with Crippen molar-refractivity contribution in [1.29, 1.82) is 0 Å². The number of nitrogens with two attached hydrogens (primary N) is 1. The van der Waals surface area contributed by atoms with Crippen molar-refractivity contribution in [2.24, 2.45) is 23.5 Å². The van der Waals surface area contributed by atoms with Crippen molar-refractivity contribution in [3.63, 3.8) is 0 Å². The summed E-state index contributed by atoms with van der Waals surface area (Å²) in [6.07, 6.45) is 12.3. The first kappa shape index (κ1) is 15.0. The first-order valence-corrected chi connectivity index (χ1v) is 8.00. The van der Waals surface area contributed by atoms with Gasteiger partial charge in [0.1, 0.15) is 0 Å². The molecular formula is C16H33N. The minimum atomic E-state index is 0.472. The molecule has 0 aromatic heterocycles. The van der Waals surface area contributed by atoms with Crippen LogP contribution in [0.5, 0.6) is 0 Å². The molecule has 1 saturated carbocycles. The summed E-state index contributed by atoms with van der Waals surface area (Å²) >= 11 is 0. The molecule has 17 heavy (non-hydrogen) atoms. The lowest BCUT2D eigenvalue weighted by molar-refractivity contribution is 0.152. The lowest BCUT2D eigenvalue weighted by Crippen LogP contribution is -2.42. The molecule has 0 amide bonds. The van der Waals surface area contributed by atoms with E-state index in [2.05, 4.69) is 20.8 Å². The molecule has 0 heterocycles. The lowest BCUT2D eigenvalue weighted by Gasteiger charge is -2.39. The van der Waals surface area contributed by atoms with Crippen LogP contribution in [0.3, 0.4) is 0 Å². The van der Waals surface area contributed by atoms with E-state index in [9.17, 15) is 0 Å². The van der Waals surface area contributed by atoms with Gasteiger partial charge in [-0.3, -0.25) is 0 Å². The Morgan fingerprint density at radius 2 is 1.59 bits per heavy atom. The van der Waals surface area contributed by atoms with Gasteiger partial charge in [-0.05, 0) is 37.0 Å². The van der Waals surface area contributed by atoms with E-state index >= 15 is 0 Å². The Balaban J connectivity index is 2.59. The highest BCUT2D eigenvalue weighted by atomic mass is 14.7. The maximum absolute atomic E-state index is 6.63. The first-order chi connectivity index (χ1) is 8.24. The average Bonchev–Trinajstić information content (AvgIpc) is 2.37. The molecule has 0 spiro atoms. The minimum absolute atomic E-state index is 0.472. The highest BCUT2D eigenvalue weighted by molar-refractivity contribution is 4.86. The van der Waals surface area contributed by atoms with Gasteiger partial charge < -0.3 is 5.73 Å². The minimum Gasteiger partial charge on any atom is -0.327 e. The molecule has 0 radical (unpaired) electrons. The zero-order valence-electron chi connectivity index (χ0n) is 12.3. The molecule has 1 aliphatic carbocycles. The summed E-state index contributed by atoms with van der Waals surface area (Å²) in [4.78, 5) is 0. The quantitative estimate of drug-likeness (QED) is 0.682. The van der Waals surface area contributed by atoms with Crippen molar-refractivity contribution < 1.29 is 0 Å². The summed E-state index contributed by atoms with van der Waals surface area (Å²) in [6, 6.07) is 0.472. The van der Waals surface area contributed by atoms with Gasteiger partial charge in [-0.25, -0.2) is 0 Å². The first-order valence-electron chi connectivity index (χ1n) is 8.00. The second-order valence-corrected chi connectivity index (χ2v) is 6.03. The molecule has 1 aliphatic rings. The van der Waals surface area contributed by atoms with Gasteiger partial charge in [-0.1, -0.05) is 59.3 Å². The molecule has 0 aromatic rings. The standard InChI is InChI=1S/C16H33N/c1-4-9-14(10-5-2)16(17)15-12-8-7-11-13(15)6-3/h13-16H,4-12,17H2,1-3H3. The van der Waals surface area contributed by atoms with Crippen LogP contribution < -0.4 is 5.73 Å². The van der Waals surface area contributed by atoms with Crippen molar-refractivity contribution in [2.75, 3.05) is 0 Å². The van der Waals surface area contributed by atoms with Crippen LogP contribution in [-0.4, -0.2) is 6.04 Å². The van der Waals surface area contributed by atoms with E-state index in [0.717, 1.165) is 17.8 Å². The van der Waals surface area contributed by atoms with Crippen LogP contribution in [0.25, 0.3) is 0 Å². The fraction of sp³-hybridized carbons (Fsp3) is 1.00. The highest BCUT2D eigenvalue weighted by Gasteiger charge is 2.32. The van der Waals surface area contributed by atoms with Crippen LogP contribution in [0.2, 0.25) is 0 Å². The molecule has 1 rings (SSSR count). The van der Waals surface area contributed by atoms with Crippen LogP contribution in [-0.2, 0) is 0 Å². The maximum atomic E-state index is 6.63. The van der Waals surface area contributed by atoms with Gasteiger partial charge in [-0.15, -0.1) is 0 Å². The topological polar surface area (TPSA) is 26.0 Å². The third-order valence-corrected chi connectivity index (χ3v) is 4.85. The Morgan fingerprint density at radius 1 is 1.00 bits per heavy atom. The molecule has 1 fully saturated rings. The highest BCUT2D eigenvalue weighted by Crippen LogP contribution is 2.37. The fourth-order valence-electron chi connectivity index (χ4n) is 3.87. The van der Waals surface area contributed by atoms with E-state index in [-0.39, 0.29) is 0 Å². The normalized spacial score (nSPS) is 27.4. The molecule has 0 saturated heterocycles. The second-order valence-electron chi connectivity index (χ2n) is 6.03. The molecular weight excluding hydrogens is 206 g/mol. The van der Waals surface area contributed by atoms with Crippen molar-refractivity contribution in [1.82, 2.24) is 0 Å². The van der Waals surface area contributed by atoms with Crippen LogP contribution >= 0.6 is 0 Å². The van der Waals surface area contributed by atoms with Crippen LogP contribution in [0.15, 0.2) is 0 Å². The van der Waals surface area contributed by atoms with E-state index in [4.69, 9.17) is 5.73 Å². The van der Waals surface area contributed by atoms with Crippen LogP contribution in [0.1, 0.15) is 78.6 Å². The van der Waals surface area contributed by atoms with Crippen molar-refractivity contribution in [2.45, 2.75) is 84.6 Å². The van der Waals surface area contributed by atoms with Crippen LogP contribution in [0.4, 0.5) is 0 Å². The third kappa shape index (κ3) is 4.28. The monoisotopic (exact) mass is 239 g/mol. The van der Waals surface area contributed by atoms with Gasteiger partial charge in [-0.2, -0.15) is 0 Å². The zero-order valence-corrected chi connectivity index (χ0v) is 12.3. The van der Waals surface area contributed by atoms with E-state index in [1.807, 2.05) is 0 Å². The largest absolute Gasteiger partial charge is 0.327 e. The molecule has 3 atom stereocenters. The molecule has 1 heteroatoms. The Morgan fingerprint density at radius 3 is 2.12 bits per heavy atom. The van der Waals surface area contributed by atoms with Crippen LogP contribution in [0, 0.1) is 17.8 Å². The van der Waals surface area contributed by atoms with Crippen molar-refractivity contribution >= 4 is 0 Å². The summed E-state index contributed by atoms with van der Waals surface area (Å²) in [7, 11) is 0. The van der Waals surface area contributed by atoms with Gasteiger partial charge in [0.15, 0.2) is 0 Å². The fourth-order valence-corrected chi connectivity index (χ4v) is 3.87. The maximum Gasteiger partial charge on any atom is 0.00982 e. The molecule has 102 valence electrons. The molecule has 0 aliphatic heterocycles. The number of rotatable bonds is 7. The molecule has 3 unspecified atom stereocenters. The SMILES string of the molecule is CCCC(CCC)C(N)C1CCCCC1CC. The summed E-state index contributed by atoms with van der Waals surface area (Å²) in [5.74, 6) is 2.51. The molecule has 2 N–H and O–H groups in total. The van der Waals surface area contributed by atoms with Gasteiger partial charge in [0, 0.05) is 6.04 Å². The van der Waals surface area contributed by atoms with E-state index in [0.29, 0.717) is 6.04 Å². The summed E-state index contributed by atoms with van der Waals surface area (Å²) < 4.78 is 0. The number of hydrogen-bond acceptors (Lipinski definition) is 1. The molecule has 0 aromatic carbocycles. The summed E-state index contributed by atoms with van der Waals surface area (Å²) in [5, 5.41) is 0. The van der Waals surface area contributed by atoms with E-state index in [1.54, 1.807) is 0 Å². The molecule has 0 bridgehead atoms. The van der Waals surface area contributed by atoms with Crippen molar-refractivity contribution in [3.05, 3.63) is 0 Å². The predicted molar refractivity (Wildman–Crippen MR) is 77.0 cm³/mol. The van der Waals surface area contributed by atoms with Gasteiger partial charge in [0.05, 0.1) is 0 Å². The third-order valence-electron chi connectivity index (χ3n) is 4.85. The van der Waals surface area contributed by atoms with E-state index < -0.39 is 0 Å². The second kappa shape index (κ2) is 8.13. The summed E-state index contributed by atoms with van der Waals surface area (Å²) in [6.45, 7) is 6.95. The van der Waals surface area contributed by atoms with Gasteiger partial charge in [0.2, 0.25) is 0 Å². The van der Waals surface area contributed by atoms with Crippen molar-refractivity contribution in [3.8, 4) is 0 Å². The average molecular weight is 239 g/mol.